The molecule has 1 amide bonds. The summed E-state index contributed by atoms with van der Waals surface area (Å²) in [5.41, 5.74) is -0.390. The van der Waals surface area contributed by atoms with Gasteiger partial charge in [-0.2, -0.15) is 13.2 Å². The molecule has 0 aromatic heterocycles. The van der Waals surface area contributed by atoms with Crippen LogP contribution in [0.5, 0.6) is 5.75 Å². The van der Waals surface area contributed by atoms with E-state index in [1.807, 2.05) is 48.5 Å². The molecule has 0 spiro atoms. The number of alkyl halides is 3. The molecule has 4 aromatic rings. The molecule has 4 aromatic carbocycles. The van der Waals surface area contributed by atoms with E-state index in [9.17, 15) is 18.0 Å². The van der Waals surface area contributed by atoms with Gasteiger partial charge in [-0.3, -0.25) is 4.79 Å². The summed E-state index contributed by atoms with van der Waals surface area (Å²) in [5.74, 6) is 0.236. The van der Waals surface area contributed by atoms with E-state index in [0.29, 0.717) is 29.9 Å². The third-order valence-electron chi connectivity index (χ3n) is 7.35. The summed E-state index contributed by atoms with van der Waals surface area (Å²) in [5, 5.41) is 11.8. The van der Waals surface area contributed by atoms with Gasteiger partial charge in [-0.05, 0) is 71.3 Å². The van der Waals surface area contributed by atoms with E-state index in [4.69, 9.17) is 19.6 Å². The van der Waals surface area contributed by atoms with Crippen LogP contribution in [0, 0.1) is 0 Å². The molecule has 0 saturated heterocycles. The second kappa shape index (κ2) is 14.2. The molecule has 1 aliphatic rings. The average Bonchev–Trinajstić information content (AvgIpc) is 3.42. The first-order valence-corrected chi connectivity index (χ1v) is 15.7. The summed E-state index contributed by atoms with van der Waals surface area (Å²) < 4.78 is 55.1. The zero-order valence-electron chi connectivity index (χ0n) is 23.9. The average molecular weight is 746 g/mol. The minimum atomic E-state index is -4.58. The van der Waals surface area contributed by atoms with Gasteiger partial charge in [0.1, 0.15) is 5.75 Å². The van der Waals surface area contributed by atoms with Crippen molar-refractivity contribution in [3.05, 3.63) is 134 Å². The minimum absolute atomic E-state index is 0.0183. The minimum Gasteiger partial charge on any atom is -0.494 e. The molecular weight excluding hydrogens is 717 g/mol. The van der Waals surface area contributed by atoms with Crippen LogP contribution in [0.25, 0.3) is 0 Å². The Labute approximate surface area is 275 Å². The van der Waals surface area contributed by atoms with Gasteiger partial charge in [0.25, 0.3) is 5.91 Å². The number of aliphatic imine (C=N–C) groups is 1. The quantitative estimate of drug-likeness (QED) is 0.154. The van der Waals surface area contributed by atoms with Gasteiger partial charge in [-0.15, -0.1) is 0 Å². The first kappa shape index (κ1) is 32.7. The molecule has 1 aliphatic heterocycles. The predicted octanol–water partition coefficient (Wildman–Crippen LogP) is 7.81. The van der Waals surface area contributed by atoms with Crippen LogP contribution in [0.15, 0.2) is 111 Å². The normalized spacial score (nSPS) is 17.8. The van der Waals surface area contributed by atoms with Crippen molar-refractivity contribution in [1.82, 2.24) is 5.32 Å². The van der Waals surface area contributed by atoms with Crippen molar-refractivity contribution in [2.75, 3.05) is 13.2 Å². The number of hydrogen-bond donors (Lipinski definition) is 2. The van der Waals surface area contributed by atoms with Crippen LogP contribution in [0.4, 0.5) is 13.2 Å². The van der Waals surface area contributed by atoms with Crippen molar-refractivity contribution < 1.29 is 32.5 Å². The first-order valence-electron chi connectivity index (χ1n) is 14.1. The second-order valence-electron chi connectivity index (χ2n) is 10.5. The van der Waals surface area contributed by atoms with Crippen molar-refractivity contribution >= 4 is 43.7 Å². The maximum atomic E-state index is 14.4. The number of nitrogens with one attached hydrogen (secondary N) is 1. The van der Waals surface area contributed by atoms with Crippen LogP contribution in [0.2, 0.25) is 0 Å². The number of benzene rings is 4. The molecule has 2 atom stereocenters. The highest BCUT2D eigenvalue weighted by Crippen LogP contribution is 2.43. The summed E-state index contributed by atoms with van der Waals surface area (Å²) in [7, 11) is 0. The highest BCUT2D eigenvalue weighted by atomic mass is 79.9. The monoisotopic (exact) mass is 744 g/mol. The molecule has 2 N–H and O–H groups in total. The smallest absolute Gasteiger partial charge is 0.416 e. The SMILES string of the molecule is O=C(NCc1ccccc1C(F)(F)F)[C@]1(Cc2ccc(Br)cc2)N=C(c2ccc(OCCCO)cc2)O[C@@H]1c1ccc(Br)cc1. The van der Waals surface area contributed by atoms with Gasteiger partial charge in [0.2, 0.25) is 5.90 Å². The molecule has 0 radical (unpaired) electrons. The lowest BCUT2D eigenvalue weighted by Gasteiger charge is -2.31. The Kier molecular flexibility index (Phi) is 10.3. The molecular formula is C34H29Br2F3N2O4. The molecule has 0 fully saturated rings. The summed E-state index contributed by atoms with van der Waals surface area (Å²) in [4.78, 5) is 19.3. The molecule has 45 heavy (non-hydrogen) atoms. The topological polar surface area (TPSA) is 80.2 Å². The summed E-state index contributed by atoms with van der Waals surface area (Å²) in [6.07, 6.45) is -4.87. The van der Waals surface area contributed by atoms with Gasteiger partial charge in [-0.1, -0.05) is 74.3 Å². The number of halogens is 5. The fourth-order valence-corrected chi connectivity index (χ4v) is 5.64. The lowest BCUT2D eigenvalue weighted by molar-refractivity contribution is -0.138. The number of ether oxygens (including phenoxy) is 2. The van der Waals surface area contributed by atoms with Crippen LogP contribution >= 0.6 is 31.9 Å². The van der Waals surface area contributed by atoms with Crippen LogP contribution in [-0.2, 0) is 28.7 Å². The van der Waals surface area contributed by atoms with Crippen molar-refractivity contribution in [1.29, 1.82) is 0 Å². The lowest BCUT2D eigenvalue weighted by atomic mass is 9.82. The van der Waals surface area contributed by atoms with Gasteiger partial charge >= 0.3 is 6.18 Å². The summed E-state index contributed by atoms with van der Waals surface area (Å²) in [6.45, 7) is 0.0196. The Morgan fingerprint density at radius 3 is 2.22 bits per heavy atom. The van der Waals surface area contributed by atoms with Crippen LogP contribution in [-0.4, -0.2) is 35.7 Å². The van der Waals surface area contributed by atoms with E-state index in [-0.39, 0.29) is 31.0 Å². The molecule has 0 aliphatic carbocycles. The molecule has 6 nitrogen and oxygen atoms in total. The zero-order chi connectivity index (χ0) is 32.0. The number of aliphatic hydroxyl groups excluding tert-OH is 1. The van der Waals surface area contributed by atoms with Gasteiger partial charge in [0, 0.05) is 40.5 Å². The van der Waals surface area contributed by atoms with Gasteiger partial charge in [0.15, 0.2) is 11.6 Å². The van der Waals surface area contributed by atoms with Crippen molar-refractivity contribution in [2.24, 2.45) is 4.99 Å². The Balaban J connectivity index is 1.56. The molecule has 0 saturated carbocycles. The van der Waals surface area contributed by atoms with E-state index in [2.05, 4.69) is 37.2 Å². The van der Waals surface area contributed by atoms with Gasteiger partial charge < -0.3 is 19.9 Å². The standard InChI is InChI=1S/C34H29Br2F3N2O4/c35-26-12-6-22(7-13-26)20-33(32(43)40-21-25-4-1-2-5-29(25)34(37,38)39)30(23-8-14-27(36)15-9-23)45-31(41-33)24-10-16-28(17-11-24)44-19-3-18-42/h1-2,4-17,30,42H,3,18-21H2,(H,40,43)/t30-,33-/m1/s1. The maximum Gasteiger partial charge on any atom is 0.416 e. The second-order valence-corrected chi connectivity index (χ2v) is 12.3. The highest BCUT2D eigenvalue weighted by Gasteiger charge is 2.53. The number of amides is 1. The summed E-state index contributed by atoms with van der Waals surface area (Å²) in [6, 6.07) is 26.9. The Morgan fingerprint density at radius 2 is 1.58 bits per heavy atom. The third kappa shape index (κ3) is 7.77. The van der Waals surface area contributed by atoms with E-state index in [0.717, 1.165) is 20.6 Å². The molecule has 0 unspecified atom stereocenters. The lowest BCUT2D eigenvalue weighted by Crippen LogP contribution is -2.49. The van der Waals surface area contributed by atoms with Gasteiger partial charge in [-0.25, -0.2) is 4.99 Å². The molecule has 1 heterocycles. The van der Waals surface area contributed by atoms with Crippen molar-refractivity contribution in [2.45, 2.75) is 37.2 Å². The van der Waals surface area contributed by atoms with Crippen LogP contribution < -0.4 is 10.1 Å². The Hall–Kier alpha value is -3.67. The molecule has 234 valence electrons. The molecule has 5 rings (SSSR count). The Bertz CT molecular complexity index is 1650. The first-order chi connectivity index (χ1) is 21.6. The fourth-order valence-electron chi connectivity index (χ4n) is 5.11. The van der Waals surface area contributed by atoms with E-state index in [1.165, 1.54) is 18.2 Å². The number of nitrogens with zero attached hydrogens (tertiary/aromatic N) is 1. The van der Waals surface area contributed by atoms with E-state index in [1.54, 1.807) is 24.3 Å². The Morgan fingerprint density at radius 1 is 0.933 bits per heavy atom. The third-order valence-corrected chi connectivity index (χ3v) is 8.41. The number of aliphatic hydroxyl groups is 1. The molecule has 11 heteroatoms. The van der Waals surface area contributed by atoms with Gasteiger partial charge in [0.05, 0.1) is 12.2 Å². The van der Waals surface area contributed by atoms with Crippen molar-refractivity contribution in [3.8, 4) is 5.75 Å². The maximum absolute atomic E-state index is 14.4. The zero-order valence-corrected chi connectivity index (χ0v) is 27.0. The predicted molar refractivity (Wildman–Crippen MR) is 172 cm³/mol. The number of hydrogen-bond acceptors (Lipinski definition) is 5. The van der Waals surface area contributed by atoms with Crippen LogP contribution in [0.1, 0.15) is 40.3 Å². The highest BCUT2D eigenvalue weighted by molar-refractivity contribution is 9.10. The summed E-state index contributed by atoms with van der Waals surface area (Å²) >= 11 is 6.90. The van der Waals surface area contributed by atoms with E-state index < -0.39 is 29.3 Å². The number of rotatable bonds is 11. The fraction of sp³-hybridized carbons (Fsp3) is 0.235. The number of carbonyl (C=O) groups is 1. The number of carbonyl (C=O) groups excluding carboxylic acids is 1. The van der Waals surface area contributed by atoms with Crippen LogP contribution in [0.3, 0.4) is 0 Å². The van der Waals surface area contributed by atoms with E-state index >= 15 is 0 Å². The largest absolute Gasteiger partial charge is 0.494 e. The van der Waals surface area contributed by atoms with Crippen molar-refractivity contribution in [3.63, 3.8) is 0 Å². The molecule has 0 bridgehead atoms.